The van der Waals surface area contributed by atoms with Crippen molar-refractivity contribution in [2.45, 2.75) is 30.4 Å². The monoisotopic (exact) mass is 476 g/mol. The van der Waals surface area contributed by atoms with Gasteiger partial charge in [0.2, 0.25) is 0 Å². The molecule has 0 atom stereocenters. The maximum Gasteiger partial charge on any atom is 0.186 e. The van der Waals surface area contributed by atoms with Gasteiger partial charge in [-0.25, -0.2) is 23.4 Å². The number of halogens is 1. The SMILES string of the molecule is CC(C)(C)S(=O)(=O)c1cc2c(Nc3ccc4scnc4c3)ncnc2cc1OCCCl. The molecule has 162 valence electrons. The number of rotatable bonds is 6. The zero-order valence-corrected chi connectivity index (χ0v) is 19.6. The van der Waals surface area contributed by atoms with E-state index in [0.717, 1.165) is 15.9 Å². The number of aromatic nitrogens is 3. The highest BCUT2D eigenvalue weighted by molar-refractivity contribution is 7.92. The van der Waals surface area contributed by atoms with Crippen LogP contribution in [0.15, 0.2) is 47.1 Å². The minimum Gasteiger partial charge on any atom is -0.491 e. The summed E-state index contributed by atoms with van der Waals surface area (Å²) in [6.07, 6.45) is 1.43. The van der Waals surface area contributed by atoms with Gasteiger partial charge in [-0.1, -0.05) is 0 Å². The fourth-order valence-electron chi connectivity index (χ4n) is 3.04. The molecule has 4 rings (SSSR count). The molecule has 0 amide bonds. The molecule has 0 radical (unpaired) electrons. The van der Waals surface area contributed by atoms with Crippen molar-refractivity contribution in [2.24, 2.45) is 0 Å². The summed E-state index contributed by atoms with van der Waals surface area (Å²) in [6, 6.07) is 9.02. The van der Waals surface area contributed by atoms with E-state index in [2.05, 4.69) is 20.3 Å². The molecule has 0 saturated carbocycles. The van der Waals surface area contributed by atoms with Crippen LogP contribution in [0.3, 0.4) is 0 Å². The maximum atomic E-state index is 13.3. The second-order valence-electron chi connectivity index (χ2n) is 7.85. The second kappa shape index (κ2) is 8.22. The summed E-state index contributed by atoms with van der Waals surface area (Å²) in [5, 5.41) is 3.84. The van der Waals surface area contributed by atoms with E-state index in [4.69, 9.17) is 16.3 Å². The molecule has 1 N–H and O–H groups in total. The number of nitrogens with one attached hydrogen (secondary N) is 1. The van der Waals surface area contributed by atoms with Gasteiger partial charge in [0, 0.05) is 17.1 Å². The van der Waals surface area contributed by atoms with E-state index in [1.54, 1.807) is 49.8 Å². The minimum absolute atomic E-state index is 0.0884. The molecule has 0 unspecified atom stereocenters. The molecule has 0 fully saturated rings. The number of alkyl halides is 1. The Morgan fingerprint density at radius 1 is 1.10 bits per heavy atom. The van der Waals surface area contributed by atoms with Gasteiger partial charge in [0.1, 0.15) is 29.4 Å². The third kappa shape index (κ3) is 4.17. The number of fused-ring (bicyclic) bond motifs is 2. The van der Waals surface area contributed by atoms with Gasteiger partial charge in [-0.05, 0) is 45.0 Å². The lowest BCUT2D eigenvalue weighted by Crippen LogP contribution is -2.28. The molecule has 10 heteroatoms. The fourth-order valence-corrected chi connectivity index (χ4v) is 5.09. The molecular formula is C21H21ClN4O3S2. The van der Waals surface area contributed by atoms with Crippen LogP contribution in [-0.2, 0) is 9.84 Å². The highest BCUT2D eigenvalue weighted by Gasteiger charge is 2.34. The maximum absolute atomic E-state index is 13.3. The van der Waals surface area contributed by atoms with E-state index in [-0.39, 0.29) is 23.1 Å². The Bertz CT molecular complexity index is 1360. The number of anilines is 2. The van der Waals surface area contributed by atoms with Crippen LogP contribution in [0, 0.1) is 0 Å². The molecule has 2 aromatic carbocycles. The van der Waals surface area contributed by atoms with E-state index in [1.165, 1.54) is 6.33 Å². The molecule has 0 spiro atoms. The first-order valence-corrected chi connectivity index (χ1v) is 12.4. The molecule has 2 aromatic heterocycles. The van der Waals surface area contributed by atoms with E-state index in [9.17, 15) is 8.42 Å². The largest absolute Gasteiger partial charge is 0.491 e. The Balaban J connectivity index is 1.86. The van der Waals surface area contributed by atoms with Gasteiger partial charge in [0.25, 0.3) is 0 Å². The van der Waals surface area contributed by atoms with Crippen LogP contribution in [0.1, 0.15) is 20.8 Å². The molecule has 0 aliphatic carbocycles. The Morgan fingerprint density at radius 2 is 1.90 bits per heavy atom. The van der Waals surface area contributed by atoms with Gasteiger partial charge >= 0.3 is 0 Å². The van der Waals surface area contributed by atoms with Crippen molar-refractivity contribution < 1.29 is 13.2 Å². The Kier molecular flexibility index (Phi) is 5.76. The van der Waals surface area contributed by atoms with Crippen LogP contribution >= 0.6 is 22.9 Å². The highest BCUT2D eigenvalue weighted by atomic mass is 35.5. The van der Waals surface area contributed by atoms with Gasteiger partial charge in [0.15, 0.2) is 9.84 Å². The minimum atomic E-state index is -3.70. The first-order valence-electron chi connectivity index (χ1n) is 9.53. The van der Waals surface area contributed by atoms with Crippen molar-refractivity contribution in [1.29, 1.82) is 0 Å². The lowest BCUT2D eigenvalue weighted by Gasteiger charge is -2.22. The predicted octanol–water partition coefficient (Wildman–Crippen LogP) is 5.17. The van der Waals surface area contributed by atoms with Crippen molar-refractivity contribution in [3.8, 4) is 5.75 Å². The normalized spacial score (nSPS) is 12.4. The molecule has 0 aliphatic heterocycles. The summed E-state index contributed by atoms with van der Waals surface area (Å²) in [5.74, 6) is 0.966. The molecule has 7 nitrogen and oxygen atoms in total. The number of thiazole rings is 1. The van der Waals surface area contributed by atoms with Gasteiger partial charge in [-0.15, -0.1) is 22.9 Å². The van der Waals surface area contributed by atoms with E-state index in [1.807, 2.05) is 18.2 Å². The molecule has 0 saturated heterocycles. The number of sulfone groups is 1. The summed E-state index contributed by atoms with van der Waals surface area (Å²) in [4.78, 5) is 13.1. The highest BCUT2D eigenvalue weighted by Crippen LogP contribution is 2.37. The first-order chi connectivity index (χ1) is 14.7. The van der Waals surface area contributed by atoms with Crippen LogP contribution in [0.4, 0.5) is 11.5 Å². The number of nitrogens with zero attached hydrogens (tertiary/aromatic N) is 3. The van der Waals surface area contributed by atoms with Crippen molar-refractivity contribution in [3.63, 3.8) is 0 Å². The lowest BCUT2D eigenvalue weighted by atomic mass is 10.2. The second-order valence-corrected chi connectivity index (χ2v) is 11.8. The van der Waals surface area contributed by atoms with Gasteiger partial charge in [-0.2, -0.15) is 0 Å². The van der Waals surface area contributed by atoms with E-state index < -0.39 is 14.6 Å². The summed E-state index contributed by atoms with van der Waals surface area (Å²) in [5.41, 5.74) is 4.02. The van der Waals surface area contributed by atoms with E-state index >= 15 is 0 Å². The topological polar surface area (TPSA) is 94.1 Å². The number of hydrogen-bond donors (Lipinski definition) is 1. The quantitative estimate of drug-likeness (QED) is 0.383. The lowest BCUT2D eigenvalue weighted by molar-refractivity contribution is 0.333. The number of hydrogen-bond acceptors (Lipinski definition) is 8. The van der Waals surface area contributed by atoms with Gasteiger partial charge in [-0.3, -0.25) is 0 Å². The van der Waals surface area contributed by atoms with Crippen LogP contribution in [-0.4, -0.2) is 40.6 Å². The molecule has 4 aromatic rings. The zero-order chi connectivity index (χ0) is 22.2. The smallest absolute Gasteiger partial charge is 0.186 e. The summed E-state index contributed by atoms with van der Waals surface area (Å²) in [7, 11) is -3.70. The first kappa shape index (κ1) is 21.7. The Hall–Kier alpha value is -2.49. The van der Waals surface area contributed by atoms with Gasteiger partial charge in [0.05, 0.1) is 31.9 Å². The van der Waals surface area contributed by atoms with Crippen LogP contribution in [0.2, 0.25) is 0 Å². The van der Waals surface area contributed by atoms with Gasteiger partial charge < -0.3 is 10.1 Å². The average molecular weight is 477 g/mol. The average Bonchev–Trinajstić information content (AvgIpc) is 3.19. The third-order valence-electron chi connectivity index (χ3n) is 4.72. The van der Waals surface area contributed by atoms with Crippen LogP contribution in [0.5, 0.6) is 5.75 Å². The Labute approximate surface area is 189 Å². The van der Waals surface area contributed by atoms with Crippen molar-refractivity contribution in [1.82, 2.24) is 15.0 Å². The van der Waals surface area contributed by atoms with Crippen LogP contribution in [0.25, 0.3) is 21.1 Å². The third-order valence-corrected chi connectivity index (χ3v) is 8.20. The molecular weight excluding hydrogens is 456 g/mol. The predicted molar refractivity (Wildman–Crippen MR) is 126 cm³/mol. The standard InChI is InChI=1S/C21H21ClN4O3S2/c1-21(2,3)31(27,28)19-9-14-15(10-17(19)29-7-6-22)23-11-24-20(14)26-13-4-5-18-16(8-13)25-12-30-18/h4-5,8-12H,6-7H2,1-3H3,(H,23,24,26). The summed E-state index contributed by atoms with van der Waals surface area (Å²) in [6.45, 7) is 5.15. The molecule has 0 bridgehead atoms. The fraction of sp³-hybridized carbons (Fsp3) is 0.286. The molecule has 0 aliphatic rings. The number of benzene rings is 2. The Morgan fingerprint density at radius 3 is 2.65 bits per heavy atom. The van der Waals surface area contributed by atoms with E-state index in [0.29, 0.717) is 16.7 Å². The van der Waals surface area contributed by atoms with Crippen molar-refractivity contribution in [2.75, 3.05) is 17.8 Å². The number of ether oxygens (including phenoxy) is 1. The molecule has 31 heavy (non-hydrogen) atoms. The summed E-state index contributed by atoms with van der Waals surface area (Å²) >= 11 is 7.33. The van der Waals surface area contributed by atoms with Crippen molar-refractivity contribution >= 4 is 65.4 Å². The van der Waals surface area contributed by atoms with Crippen molar-refractivity contribution in [3.05, 3.63) is 42.2 Å². The van der Waals surface area contributed by atoms with Crippen LogP contribution < -0.4 is 10.1 Å². The summed E-state index contributed by atoms with van der Waals surface area (Å²) < 4.78 is 32.3. The molecule has 2 heterocycles. The zero-order valence-electron chi connectivity index (χ0n) is 17.2.